The fourth-order valence-electron chi connectivity index (χ4n) is 2.16. The van der Waals surface area contributed by atoms with Crippen LogP contribution in [-0.4, -0.2) is 36.8 Å². The van der Waals surface area contributed by atoms with Crippen LogP contribution in [0, 0.1) is 0 Å². The summed E-state index contributed by atoms with van der Waals surface area (Å²) in [5.41, 5.74) is -1.29. The Morgan fingerprint density at radius 1 is 1.67 bits per heavy atom. The molecule has 0 amide bonds. The van der Waals surface area contributed by atoms with Crippen LogP contribution in [-0.2, 0) is 9.47 Å². The molecule has 1 aliphatic rings. The molecule has 0 aliphatic carbocycles. The zero-order valence-electron chi connectivity index (χ0n) is 11.5. The van der Waals surface area contributed by atoms with Gasteiger partial charge in [-0.1, -0.05) is 22.6 Å². The van der Waals surface area contributed by atoms with Gasteiger partial charge in [0.15, 0.2) is 12.0 Å². The van der Waals surface area contributed by atoms with Crippen molar-refractivity contribution in [2.75, 3.05) is 4.43 Å². The van der Waals surface area contributed by atoms with Gasteiger partial charge in [-0.2, -0.15) is 0 Å². The van der Waals surface area contributed by atoms with Crippen LogP contribution in [0.1, 0.15) is 26.5 Å². The Bertz CT molecular complexity index is 625. The Balaban J connectivity index is 2.38. The summed E-state index contributed by atoms with van der Waals surface area (Å²) in [6.07, 6.45) is -0.851. The first-order chi connectivity index (χ1) is 9.63. The van der Waals surface area contributed by atoms with Crippen LogP contribution < -0.4 is 11.2 Å². The summed E-state index contributed by atoms with van der Waals surface area (Å²) in [5, 5.41) is 9.75. The normalized spacial score (nSPS) is 29.8. The molecule has 1 saturated heterocycles. The van der Waals surface area contributed by atoms with E-state index < -0.39 is 35.2 Å². The van der Waals surface area contributed by atoms with E-state index in [1.807, 2.05) is 22.6 Å². The Labute approximate surface area is 133 Å². The third-order valence-electron chi connectivity index (χ3n) is 2.92. The molecule has 2 rings (SSSR count). The van der Waals surface area contributed by atoms with Gasteiger partial charge in [0, 0.05) is 18.7 Å². The Hall–Kier alpha value is -0.780. The second-order valence-corrected chi connectivity index (χ2v) is 6.11. The van der Waals surface area contributed by atoms with E-state index in [-0.39, 0.29) is 10.8 Å². The van der Waals surface area contributed by atoms with Crippen LogP contribution in [0.15, 0.2) is 21.9 Å². The van der Waals surface area contributed by atoms with Crippen molar-refractivity contribution in [3.05, 3.63) is 33.1 Å². The lowest BCUT2D eigenvalue weighted by atomic mass is 10.1. The van der Waals surface area contributed by atoms with Gasteiger partial charge in [0.2, 0.25) is 5.85 Å². The SMILES string of the molecule is CC(C)(O)O[C@@H]1C[C@@](F)(CI)O[C@H]1n1ccc(=O)[nH]c1=O. The molecule has 1 fully saturated rings. The predicted molar refractivity (Wildman–Crippen MR) is 80.0 cm³/mol. The molecule has 2 N–H and O–H groups in total. The van der Waals surface area contributed by atoms with Crippen molar-refractivity contribution >= 4 is 22.6 Å². The number of alkyl halides is 2. The second kappa shape index (κ2) is 5.78. The van der Waals surface area contributed by atoms with E-state index in [2.05, 4.69) is 4.98 Å². The largest absolute Gasteiger partial charge is 0.366 e. The number of aromatic nitrogens is 2. The molecular formula is C12H16FIN2O5. The number of nitrogens with zero attached hydrogens (tertiary/aromatic N) is 1. The molecule has 118 valence electrons. The third kappa shape index (κ3) is 3.90. The molecule has 21 heavy (non-hydrogen) atoms. The fourth-order valence-corrected chi connectivity index (χ4v) is 2.65. The van der Waals surface area contributed by atoms with Gasteiger partial charge < -0.3 is 14.6 Å². The van der Waals surface area contributed by atoms with Gasteiger partial charge in [0.25, 0.3) is 5.56 Å². The summed E-state index contributed by atoms with van der Waals surface area (Å²) in [5.74, 6) is -3.47. The lowest BCUT2D eigenvalue weighted by molar-refractivity contribution is -0.226. The van der Waals surface area contributed by atoms with Crippen molar-refractivity contribution < 1.29 is 19.0 Å². The molecule has 1 aromatic heterocycles. The van der Waals surface area contributed by atoms with Crippen LogP contribution in [0.2, 0.25) is 0 Å². The lowest BCUT2D eigenvalue weighted by Gasteiger charge is -2.26. The topological polar surface area (TPSA) is 93.5 Å². The van der Waals surface area contributed by atoms with Gasteiger partial charge in [-0.25, -0.2) is 9.18 Å². The van der Waals surface area contributed by atoms with Crippen LogP contribution in [0.3, 0.4) is 0 Å². The van der Waals surface area contributed by atoms with Crippen LogP contribution in [0.4, 0.5) is 4.39 Å². The molecule has 7 nitrogen and oxygen atoms in total. The number of nitrogens with one attached hydrogen (secondary N) is 1. The average Bonchev–Trinajstić information content (AvgIpc) is 2.65. The van der Waals surface area contributed by atoms with E-state index in [1.54, 1.807) is 0 Å². The molecule has 0 radical (unpaired) electrons. The maximum atomic E-state index is 14.4. The second-order valence-electron chi connectivity index (χ2n) is 5.35. The molecule has 3 atom stereocenters. The number of aromatic amines is 1. The highest BCUT2D eigenvalue weighted by atomic mass is 127. The standard InChI is InChI=1S/C12H16FIN2O5/c1-11(2,19)20-7-5-12(13,6-14)21-9(7)16-4-3-8(17)15-10(16)18/h3-4,7,9,19H,5-6H2,1-2H3,(H,15,17,18)/t7-,9-,12+/m1/s1. The maximum absolute atomic E-state index is 14.4. The molecule has 0 aromatic carbocycles. The van der Waals surface area contributed by atoms with Gasteiger partial charge in [0.05, 0.1) is 4.43 Å². The molecular weight excluding hydrogens is 398 g/mol. The first-order valence-corrected chi connectivity index (χ1v) is 7.80. The van der Waals surface area contributed by atoms with E-state index in [0.717, 1.165) is 10.6 Å². The van der Waals surface area contributed by atoms with Gasteiger partial charge in [0.1, 0.15) is 6.10 Å². The van der Waals surface area contributed by atoms with E-state index in [0.29, 0.717) is 0 Å². The molecule has 9 heteroatoms. The minimum absolute atomic E-state index is 0.0467. The summed E-state index contributed by atoms with van der Waals surface area (Å²) < 4.78 is 26.2. The predicted octanol–water partition coefficient (Wildman–Crippen LogP) is 0.670. The average molecular weight is 414 g/mol. The number of H-pyrrole nitrogens is 1. The van der Waals surface area contributed by atoms with Crippen molar-refractivity contribution in [2.24, 2.45) is 0 Å². The van der Waals surface area contributed by atoms with Crippen molar-refractivity contribution in [3.8, 4) is 0 Å². The smallest absolute Gasteiger partial charge is 0.330 e. The highest BCUT2D eigenvalue weighted by molar-refractivity contribution is 14.1. The number of rotatable bonds is 4. The Morgan fingerprint density at radius 3 is 2.86 bits per heavy atom. The highest BCUT2D eigenvalue weighted by Gasteiger charge is 2.49. The third-order valence-corrected chi connectivity index (χ3v) is 4.06. The van der Waals surface area contributed by atoms with E-state index in [9.17, 15) is 19.1 Å². The quantitative estimate of drug-likeness (QED) is 0.429. The molecule has 1 aliphatic heterocycles. The maximum Gasteiger partial charge on any atom is 0.330 e. The van der Waals surface area contributed by atoms with Gasteiger partial charge in [-0.15, -0.1) is 0 Å². The molecule has 0 saturated carbocycles. The van der Waals surface area contributed by atoms with E-state index in [4.69, 9.17) is 9.47 Å². The van der Waals surface area contributed by atoms with Gasteiger partial charge in [-0.3, -0.25) is 14.3 Å². The lowest BCUT2D eigenvalue weighted by Crippen LogP contribution is -2.39. The van der Waals surface area contributed by atoms with E-state index in [1.165, 1.54) is 20.0 Å². The van der Waals surface area contributed by atoms with Crippen molar-refractivity contribution in [1.82, 2.24) is 9.55 Å². The summed E-state index contributed by atoms with van der Waals surface area (Å²) in [6.45, 7) is 2.81. The van der Waals surface area contributed by atoms with Gasteiger partial charge in [-0.05, 0) is 13.8 Å². The molecule has 0 bridgehead atoms. The van der Waals surface area contributed by atoms with Crippen LogP contribution >= 0.6 is 22.6 Å². The van der Waals surface area contributed by atoms with Crippen molar-refractivity contribution in [1.29, 1.82) is 0 Å². The van der Waals surface area contributed by atoms with Crippen LogP contribution in [0.25, 0.3) is 0 Å². The highest BCUT2D eigenvalue weighted by Crippen LogP contribution is 2.41. The minimum Gasteiger partial charge on any atom is -0.366 e. The molecule has 0 unspecified atom stereocenters. The molecule has 2 heterocycles. The first-order valence-electron chi connectivity index (χ1n) is 6.28. The summed E-state index contributed by atoms with van der Waals surface area (Å²) >= 11 is 1.83. The van der Waals surface area contributed by atoms with Crippen LogP contribution in [0.5, 0.6) is 0 Å². The Morgan fingerprint density at radius 2 is 2.33 bits per heavy atom. The van der Waals surface area contributed by atoms with Crippen molar-refractivity contribution in [2.45, 2.75) is 44.2 Å². The van der Waals surface area contributed by atoms with E-state index >= 15 is 0 Å². The zero-order chi connectivity index (χ0) is 15.8. The molecule has 0 spiro atoms. The summed E-state index contributed by atoms with van der Waals surface area (Å²) in [4.78, 5) is 25.0. The number of ether oxygens (including phenoxy) is 2. The number of aliphatic hydroxyl groups is 1. The Kier molecular flexibility index (Phi) is 4.57. The fraction of sp³-hybridized carbons (Fsp3) is 0.667. The number of hydrogen-bond donors (Lipinski definition) is 2. The summed E-state index contributed by atoms with van der Waals surface area (Å²) in [6, 6.07) is 1.13. The summed E-state index contributed by atoms with van der Waals surface area (Å²) in [7, 11) is 0. The van der Waals surface area contributed by atoms with Crippen molar-refractivity contribution in [3.63, 3.8) is 0 Å². The van der Waals surface area contributed by atoms with Gasteiger partial charge >= 0.3 is 5.69 Å². The minimum atomic E-state index is -1.96. The number of hydrogen-bond acceptors (Lipinski definition) is 5. The first kappa shape index (κ1) is 16.6. The molecule has 1 aromatic rings. The number of halogens is 2. The monoisotopic (exact) mass is 414 g/mol. The zero-order valence-corrected chi connectivity index (χ0v) is 13.7.